The van der Waals surface area contributed by atoms with Gasteiger partial charge in [0.25, 0.3) is 0 Å². The van der Waals surface area contributed by atoms with E-state index < -0.39 is 0 Å². The van der Waals surface area contributed by atoms with Crippen LogP contribution in [0.2, 0.25) is 0 Å². The Bertz CT molecular complexity index is 493. The molecule has 0 aromatic rings. The lowest BCUT2D eigenvalue weighted by Gasteiger charge is -2.41. The number of ether oxygens (including phenoxy) is 6. The van der Waals surface area contributed by atoms with Gasteiger partial charge in [-0.15, -0.1) is 0 Å². The Labute approximate surface area is 189 Å². The predicted molar refractivity (Wildman–Crippen MR) is 120 cm³/mol. The van der Waals surface area contributed by atoms with Gasteiger partial charge in [-0.25, -0.2) is 0 Å². The fraction of sp³-hybridized carbons (Fsp3) is 1.00. The Morgan fingerprint density at radius 1 is 0.516 bits per heavy atom. The molecular formula is C25H46O6. The molecule has 0 bridgehead atoms. The second-order valence-electron chi connectivity index (χ2n) is 10.7. The van der Waals surface area contributed by atoms with Gasteiger partial charge in [-0.3, -0.25) is 0 Å². The van der Waals surface area contributed by atoms with Gasteiger partial charge in [0.1, 0.15) is 0 Å². The summed E-state index contributed by atoms with van der Waals surface area (Å²) >= 11 is 0. The van der Waals surface area contributed by atoms with Crippen molar-refractivity contribution in [2.45, 2.75) is 90.6 Å². The van der Waals surface area contributed by atoms with Crippen LogP contribution in [0.5, 0.6) is 0 Å². The van der Waals surface area contributed by atoms with Crippen LogP contribution < -0.4 is 0 Å². The van der Waals surface area contributed by atoms with Crippen LogP contribution in [0.15, 0.2) is 0 Å². The van der Waals surface area contributed by atoms with E-state index in [0.29, 0.717) is 70.1 Å². The molecule has 182 valence electrons. The van der Waals surface area contributed by atoms with Crippen molar-refractivity contribution in [2.24, 2.45) is 17.3 Å². The molecule has 3 rings (SSSR count). The Balaban J connectivity index is 1.49. The van der Waals surface area contributed by atoms with E-state index in [1.165, 1.54) is 12.8 Å². The SMILES string of the molecule is CC1CCC2OCCOCCOC3CCC(C(C)(C)C)CC3OCCOCCOC2C1. The van der Waals surface area contributed by atoms with Crippen molar-refractivity contribution in [1.29, 1.82) is 0 Å². The molecule has 0 N–H and O–H groups in total. The van der Waals surface area contributed by atoms with E-state index in [2.05, 4.69) is 27.7 Å². The first-order valence-electron chi connectivity index (χ1n) is 12.6. The minimum absolute atomic E-state index is 0.129. The Kier molecular flexibility index (Phi) is 10.5. The molecule has 6 nitrogen and oxygen atoms in total. The molecule has 2 saturated carbocycles. The first-order chi connectivity index (χ1) is 14.9. The third-order valence-corrected chi connectivity index (χ3v) is 7.19. The molecule has 3 fully saturated rings. The highest BCUT2D eigenvalue weighted by Gasteiger charge is 2.37. The van der Waals surface area contributed by atoms with Crippen LogP contribution in [-0.4, -0.2) is 77.3 Å². The van der Waals surface area contributed by atoms with Crippen LogP contribution in [0.25, 0.3) is 0 Å². The number of rotatable bonds is 0. The monoisotopic (exact) mass is 442 g/mol. The van der Waals surface area contributed by atoms with Crippen LogP contribution in [0.4, 0.5) is 0 Å². The average molecular weight is 443 g/mol. The predicted octanol–water partition coefficient (Wildman–Crippen LogP) is 4.24. The molecule has 0 aromatic carbocycles. The summed E-state index contributed by atoms with van der Waals surface area (Å²) in [6.45, 7) is 14.1. The van der Waals surface area contributed by atoms with E-state index in [0.717, 1.165) is 25.7 Å². The number of hydrogen-bond donors (Lipinski definition) is 0. The van der Waals surface area contributed by atoms with E-state index >= 15 is 0 Å². The fourth-order valence-corrected chi connectivity index (χ4v) is 5.16. The van der Waals surface area contributed by atoms with Gasteiger partial charge in [0, 0.05) is 0 Å². The molecule has 1 aliphatic heterocycles. The van der Waals surface area contributed by atoms with Crippen molar-refractivity contribution >= 4 is 0 Å². The summed E-state index contributed by atoms with van der Waals surface area (Å²) in [7, 11) is 0. The topological polar surface area (TPSA) is 55.4 Å². The fourth-order valence-electron chi connectivity index (χ4n) is 5.16. The molecule has 1 saturated heterocycles. The number of hydrogen-bond acceptors (Lipinski definition) is 6. The summed E-state index contributed by atoms with van der Waals surface area (Å²) in [4.78, 5) is 0. The number of fused-ring (bicyclic) bond motifs is 2. The van der Waals surface area contributed by atoms with E-state index in [1.807, 2.05) is 0 Å². The zero-order valence-corrected chi connectivity index (χ0v) is 20.3. The normalized spacial score (nSPS) is 38.3. The van der Waals surface area contributed by atoms with Crippen LogP contribution in [-0.2, 0) is 28.4 Å². The standard InChI is InChI=1S/C25H46O6/c1-19-5-7-21-23(17-19)30-15-11-27-12-16-31-24-18-20(25(2,3)4)6-8-22(24)29-14-10-26-9-13-28-21/h19-24H,5-18H2,1-4H3. The summed E-state index contributed by atoms with van der Waals surface area (Å²) in [6, 6.07) is 0. The molecule has 3 aliphatic rings. The molecule has 31 heavy (non-hydrogen) atoms. The second kappa shape index (κ2) is 12.9. The smallest absolute Gasteiger partial charge is 0.0840 e. The van der Waals surface area contributed by atoms with Crippen molar-refractivity contribution in [1.82, 2.24) is 0 Å². The maximum Gasteiger partial charge on any atom is 0.0840 e. The van der Waals surface area contributed by atoms with Crippen LogP contribution in [0.3, 0.4) is 0 Å². The van der Waals surface area contributed by atoms with E-state index in [-0.39, 0.29) is 24.4 Å². The summed E-state index contributed by atoms with van der Waals surface area (Å²) in [5.41, 5.74) is 0.297. The Hall–Kier alpha value is -0.240. The maximum absolute atomic E-state index is 6.27. The van der Waals surface area contributed by atoms with Crippen molar-refractivity contribution in [2.75, 3.05) is 52.9 Å². The van der Waals surface area contributed by atoms with Crippen LogP contribution in [0.1, 0.15) is 66.2 Å². The zero-order chi connectivity index (χ0) is 22.1. The molecular weight excluding hydrogens is 396 g/mol. The lowest BCUT2D eigenvalue weighted by molar-refractivity contribution is -0.139. The van der Waals surface area contributed by atoms with Gasteiger partial charge in [-0.1, -0.05) is 27.7 Å². The summed E-state index contributed by atoms with van der Waals surface area (Å²) in [5, 5.41) is 0. The van der Waals surface area contributed by atoms with Crippen molar-refractivity contribution in [3.8, 4) is 0 Å². The minimum atomic E-state index is 0.129. The first-order valence-corrected chi connectivity index (χ1v) is 12.6. The van der Waals surface area contributed by atoms with E-state index in [9.17, 15) is 0 Å². The zero-order valence-electron chi connectivity index (χ0n) is 20.3. The van der Waals surface area contributed by atoms with E-state index in [1.54, 1.807) is 0 Å². The largest absolute Gasteiger partial charge is 0.377 e. The minimum Gasteiger partial charge on any atom is -0.377 e. The lowest BCUT2D eigenvalue weighted by atomic mass is 9.71. The van der Waals surface area contributed by atoms with Gasteiger partial charge in [-0.2, -0.15) is 0 Å². The molecule has 6 atom stereocenters. The molecule has 2 aliphatic carbocycles. The van der Waals surface area contributed by atoms with Gasteiger partial charge in [0.2, 0.25) is 0 Å². The summed E-state index contributed by atoms with van der Waals surface area (Å²) in [6.07, 6.45) is 7.20. The first kappa shape index (κ1) is 25.4. The van der Waals surface area contributed by atoms with Crippen LogP contribution in [0, 0.1) is 17.3 Å². The quantitative estimate of drug-likeness (QED) is 0.559. The highest BCUT2D eigenvalue weighted by atomic mass is 16.6. The molecule has 0 amide bonds. The molecule has 0 spiro atoms. The van der Waals surface area contributed by atoms with Gasteiger partial charge in [-0.05, 0) is 55.8 Å². The highest BCUT2D eigenvalue weighted by Crippen LogP contribution is 2.39. The third kappa shape index (κ3) is 8.56. The lowest BCUT2D eigenvalue weighted by Crippen LogP contribution is -2.42. The Morgan fingerprint density at radius 3 is 1.48 bits per heavy atom. The van der Waals surface area contributed by atoms with Crippen LogP contribution >= 0.6 is 0 Å². The van der Waals surface area contributed by atoms with Crippen molar-refractivity contribution in [3.05, 3.63) is 0 Å². The maximum atomic E-state index is 6.27. The molecule has 6 unspecified atom stereocenters. The van der Waals surface area contributed by atoms with Crippen molar-refractivity contribution in [3.63, 3.8) is 0 Å². The van der Waals surface area contributed by atoms with E-state index in [4.69, 9.17) is 28.4 Å². The average Bonchev–Trinajstić information content (AvgIpc) is 2.73. The highest BCUT2D eigenvalue weighted by molar-refractivity contribution is 4.87. The van der Waals surface area contributed by atoms with Gasteiger partial charge < -0.3 is 28.4 Å². The molecule has 1 heterocycles. The van der Waals surface area contributed by atoms with Gasteiger partial charge in [0.15, 0.2) is 0 Å². The molecule has 0 radical (unpaired) electrons. The van der Waals surface area contributed by atoms with Gasteiger partial charge in [0.05, 0.1) is 77.3 Å². The summed E-state index contributed by atoms with van der Waals surface area (Å²) < 4.78 is 36.3. The third-order valence-electron chi connectivity index (χ3n) is 7.19. The molecule has 6 heteroatoms. The molecule has 0 aromatic heterocycles. The van der Waals surface area contributed by atoms with Gasteiger partial charge >= 0.3 is 0 Å². The second-order valence-corrected chi connectivity index (χ2v) is 10.7. The Morgan fingerprint density at radius 2 is 0.968 bits per heavy atom. The van der Waals surface area contributed by atoms with Crippen molar-refractivity contribution < 1.29 is 28.4 Å². The summed E-state index contributed by atoms with van der Waals surface area (Å²) in [5.74, 6) is 1.34.